The molecule has 1 unspecified atom stereocenters. The first-order valence-electron chi connectivity index (χ1n) is 7.79. The SMILES string of the molecule is CN(C)c1ccc(C2NC(=S)NC3=C2Cc2ccccc23)cc1. The van der Waals surface area contributed by atoms with Crippen LogP contribution in [-0.2, 0) is 6.42 Å². The Bertz CT molecular complexity index is 806. The van der Waals surface area contributed by atoms with Gasteiger partial charge in [0.2, 0.25) is 0 Å². The number of benzene rings is 2. The lowest BCUT2D eigenvalue weighted by Crippen LogP contribution is -2.42. The molecule has 0 amide bonds. The number of nitrogens with zero attached hydrogens (tertiary/aromatic N) is 1. The van der Waals surface area contributed by atoms with E-state index in [-0.39, 0.29) is 6.04 Å². The number of rotatable bonds is 2. The largest absolute Gasteiger partial charge is 0.378 e. The Labute approximate surface area is 142 Å². The van der Waals surface area contributed by atoms with Crippen LogP contribution < -0.4 is 15.5 Å². The van der Waals surface area contributed by atoms with Gasteiger partial charge in [-0.2, -0.15) is 0 Å². The van der Waals surface area contributed by atoms with Crippen molar-refractivity contribution < 1.29 is 0 Å². The third kappa shape index (κ3) is 2.39. The third-order valence-corrected chi connectivity index (χ3v) is 4.81. The second kappa shape index (κ2) is 5.39. The van der Waals surface area contributed by atoms with Gasteiger partial charge in [-0.05, 0) is 47.5 Å². The Kier molecular flexibility index (Phi) is 3.34. The van der Waals surface area contributed by atoms with Gasteiger partial charge in [-0.15, -0.1) is 0 Å². The van der Waals surface area contributed by atoms with Gasteiger partial charge in [0.1, 0.15) is 0 Å². The molecule has 23 heavy (non-hydrogen) atoms. The first kappa shape index (κ1) is 14.3. The number of fused-ring (bicyclic) bond motifs is 2. The average Bonchev–Trinajstić information content (AvgIpc) is 2.93. The minimum atomic E-state index is 0.141. The normalized spacial score (nSPS) is 18.9. The highest BCUT2D eigenvalue weighted by atomic mass is 32.1. The number of nitrogens with one attached hydrogen (secondary N) is 2. The van der Waals surface area contributed by atoms with Crippen molar-refractivity contribution in [2.24, 2.45) is 0 Å². The summed E-state index contributed by atoms with van der Waals surface area (Å²) in [6.45, 7) is 0. The van der Waals surface area contributed by atoms with Crippen LogP contribution in [0.25, 0.3) is 5.70 Å². The zero-order valence-corrected chi connectivity index (χ0v) is 14.1. The summed E-state index contributed by atoms with van der Waals surface area (Å²) in [6, 6.07) is 17.4. The van der Waals surface area contributed by atoms with Gasteiger partial charge in [0.05, 0.1) is 6.04 Å². The zero-order valence-electron chi connectivity index (χ0n) is 13.3. The number of hydrogen-bond donors (Lipinski definition) is 2. The zero-order chi connectivity index (χ0) is 16.0. The maximum atomic E-state index is 5.44. The fourth-order valence-electron chi connectivity index (χ4n) is 3.40. The van der Waals surface area contributed by atoms with Crippen LogP contribution in [0.1, 0.15) is 22.7 Å². The van der Waals surface area contributed by atoms with E-state index >= 15 is 0 Å². The van der Waals surface area contributed by atoms with Gasteiger partial charge in [0.15, 0.2) is 5.11 Å². The molecule has 116 valence electrons. The summed E-state index contributed by atoms with van der Waals surface area (Å²) in [6.07, 6.45) is 0.966. The number of hydrogen-bond acceptors (Lipinski definition) is 2. The predicted octanol–water partition coefficient (Wildman–Crippen LogP) is 3.24. The van der Waals surface area contributed by atoms with Crippen LogP contribution in [0.2, 0.25) is 0 Å². The molecular formula is C19H19N3S. The number of anilines is 1. The van der Waals surface area contributed by atoms with Crippen LogP contribution in [-0.4, -0.2) is 19.2 Å². The van der Waals surface area contributed by atoms with Gasteiger partial charge in [0, 0.05) is 31.0 Å². The Morgan fingerprint density at radius 1 is 1.04 bits per heavy atom. The lowest BCUT2D eigenvalue weighted by Gasteiger charge is -2.29. The van der Waals surface area contributed by atoms with Crippen LogP contribution in [0.4, 0.5) is 5.69 Å². The molecule has 0 bridgehead atoms. The molecule has 2 aromatic carbocycles. The van der Waals surface area contributed by atoms with Gasteiger partial charge >= 0.3 is 0 Å². The maximum Gasteiger partial charge on any atom is 0.171 e. The lowest BCUT2D eigenvalue weighted by atomic mass is 9.95. The van der Waals surface area contributed by atoms with E-state index in [1.54, 1.807) is 0 Å². The second-order valence-corrected chi connectivity index (χ2v) is 6.66. The van der Waals surface area contributed by atoms with E-state index in [4.69, 9.17) is 12.2 Å². The fourth-order valence-corrected chi connectivity index (χ4v) is 3.62. The Morgan fingerprint density at radius 2 is 1.78 bits per heavy atom. The van der Waals surface area contributed by atoms with E-state index in [1.165, 1.54) is 33.6 Å². The molecule has 0 saturated carbocycles. The van der Waals surface area contributed by atoms with Gasteiger partial charge in [-0.25, -0.2) is 0 Å². The molecule has 4 heteroatoms. The van der Waals surface area contributed by atoms with E-state index in [0.717, 1.165) is 6.42 Å². The molecule has 3 nitrogen and oxygen atoms in total. The molecule has 1 aliphatic carbocycles. The van der Waals surface area contributed by atoms with Crippen LogP contribution in [0, 0.1) is 0 Å². The smallest absolute Gasteiger partial charge is 0.171 e. The summed E-state index contributed by atoms with van der Waals surface area (Å²) >= 11 is 5.44. The topological polar surface area (TPSA) is 27.3 Å². The van der Waals surface area contributed by atoms with Gasteiger partial charge in [-0.3, -0.25) is 0 Å². The molecule has 0 radical (unpaired) electrons. The molecule has 2 aliphatic rings. The summed E-state index contributed by atoms with van der Waals surface area (Å²) in [5.41, 5.74) is 7.66. The van der Waals surface area contributed by atoms with Crippen molar-refractivity contribution >= 4 is 28.7 Å². The summed E-state index contributed by atoms with van der Waals surface area (Å²) < 4.78 is 0. The van der Waals surface area contributed by atoms with E-state index in [9.17, 15) is 0 Å². The van der Waals surface area contributed by atoms with Gasteiger partial charge < -0.3 is 15.5 Å². The molecule has 2 N–H and O–H groups in total. The predicted molar refractivity (Wildman–Crippen MR) is 99.4 cm³/mol. The van der Waals surface area contributed by atoms with E-state index in [0.29, 0.717) is 5.11 Å². The van der Waals surface area contributed by atoms with Crippen molar-refractivity contribution in [1.82, 2.24) is 10.6 Å². The van der Waals surface area contributed by atoms with E-state index < -0.39 is 0 Å². The van der Waals surface area contributed by atoms with Crippen LogP contribution in [0.15, 0.2) is 54.1 Å². The van der Waals surface area contributed by atoms with Gasteiger partial charge in [0.25, 0.3) is 0 Å². The minimum Gasteiger partial charge on any atom is -0.378 e. The Balaban J connectivity index is 1.75. The maximum absolute atomic E-state index is 5.44. The van der Waals surface area contributed by atoms with Crippen LogP contribution in [0.5, 0.6) is 0 Å². The van der Waals surface area contributed by atoms with Crippen molar-refractivity contribution in [3.8, 4) is 0 Å². The highest BCUT2D eigenvalue weighted by molar-refractivity contribution is 7.80. The molecule has 0 saturated heterocycles. The minimum absolute atomic E-state index is 0.141. The third-order valence-electron chi connectivity index (χ3n) is 4.59. The first-order valence-corrected chi connectivity index (χ1v) is 8.20. The van der Waals surface area contributed by atoms with Crippen LogP contribution >= 0.6 is 12.2 Å². The molecule has 0 spiro atoms. The van der Waals surface area contributed by atoms with Crippen molar-refractivity contribution in [2.45, 2.75) is 12.5 Å². The molecule has 0 aromatic heterocycles. The summed E-state index contributed by atoms with van der Waals surface area (Å²) in [5, 5.41) is 7.49. The van der Waals surface area contributed by atoms with Crippen LogP contribution in [0.3, 0.4) is 0 Å². The van der Waals surface area contributed by atoms with Crippen molar-refractivity contribution in [3.63, 3.8) is 0 Å². The molecule has 1 heterocycles. The molecule has 0 fully saturated rings. The molecular weight excluding hydrogens is 302 g/mol. The monoisotopic (exact) mass is 321 g/mol. The fraction of sp³-hybridized carbons (Fsp3) is 0.211. The molecule has 2 aromatic rings. The Morgan fingerprint density at radius 3 is 2.52 bits per heavy atom. The molecule has 4 rings (SSSR count). The number of thiocarbonyl (C=S) groups is 1. The molecule has 1 aliphatic heterocycles. The van der Waals surface area contributed by atoms with Crippen molar-refractivity contribution in [2.75, 3.05) is 19.0 Å². The van der Waals surface area contributed by atoms with Gasteiger partial charge in [-0.1, -0.05) is 36.4 Å². The molecule has 1 atom stereocenters. The van der Waals surface area contributed by atoms with Crippen molar-refractivity contribution in [1.29, 1.82) is 0 Å². The highest BCUT2D eigenvalue weighted by Gasteiger charge is 2.32. The Hall–Kier alpha value is -2.33. The first-order chi connectivity index (χ1) is 11.1. The standard InChI is InChI=1S/C19H19N3S/c1-22(2)14-9-7-12(8-10-14)17-16-11-13-5-3-4-6-15(13)18(16)21-19(23)20-17/h3-10,17H,11H2,1-2H3,(H2,20,21,23). The van der Waals surface area contributed by atoms with E-state index in [1.807, 2.05) is 0 Å². The second-order valence-electron chi connectivity index (χ2n) is 6.25. The summed E-state index contributed by atoms with van der Waals surface area (Å²) in [4.78, 5) is 2.11. The average molecular weight is 321 g/mol. The summed E-state index contributed by atoms with van der Waals surface area (Å²) in [7, 11) is 4.11. The highest BCUT2D eigenvalue weighted by Crippen LogP contribution is 2.40. The quantitative estimate of drug-likeness (QED) is 0.831. The lowest BCUT2D eigenvalue weighted by molar-refractivity contribution is 0.708. The summed E-state index contributed by atoms with van der Waals surface area (Å²) in [5.74, 6) is 0. The van der Waals surface area contributed by atoms with Crippen molar-refractivity contribution in [3.05, 3.63) is 70.8 Å². The van der Waals surface area contributed by atoms with E-state index in [2.05, 4.69) is 78.2 Å².